The molecule has 0 saturated carbocycles. The zero-order valence-electron chi connectivity index (χ0n) is 13.1. The zero-order chi connectivity index (χ0) is 17.6. The molecular formula is C19H13BrClFN2O. The number of anilines is 1. The van der Waals surface area contributed by atoms with E-state index in [1.807, 2.05) is 6.07 Å². The maximum atomic E-state index is 14.1. The number of amides is 1. The number of fused-ring (bicyclic) bond motifs is 2. The van der Waals surface area contributed by atoms with Gasteiger partial charge < -0.3 is 5.32 Å². The van der Waals surface area contributed by atoms with Crippen LogP contribution >= 0.6 is 27.5 Å². The summed E-state index contributed by atoms with van der Waals surface area (Å²) in [6.45, 7) is 0. The van der Waals surface area contributed by atoms with Crippen molar-refractivity contribution in [2.24, 2.45) is 0 Å². The van der Waals surface area contributed by atoms with Crippen LogP contribution in [0.4, 0.5) is 10.1 Å². The minimum atomic E-state index is -0.490. The van der Waals surface area contributed by atoms with Gasteiger partial charge in [0, 0.05) is 20.6 Å². The predicted octanol–water partition coefficient (Wildman–Crippen LogP) is 5.53. The Morgan fingerprint density at radius 1 is 1.20 bits per heavy atom. The SMILES string of the molecule is O=C(Nc1ccc(Br)cc1F)c1c2c(nc3ccc(Cl)cc13)CCC2. The predicted molar refractivity (Wildman–Crippen MR) is 101 cm³/mol. The van der Waals surface area contributed by atoms with Gasteiger partial charge in [-0.05, 0) is 61.2 Å². The van der Waals surface area contributed by atoms with E-state index in [-0.39, 0.29) is 11.6 Å². The fourth-order valence-corrected chi connectivity index (χ4v) is 3.77. The number of carbonyl (C=O) groups is 1. The first-order valence-corrected chi connectivity index (χ1v) is 9.07. The second kappa shape index (κ2) is 6.39. The van der Waals surface area contributed by atoms with Gasteiger partial charge in [-0.25, -0.2) is 4.39 Å². The molecule has 1 aromatic heterocycles. The first-order valence-electron chi connectivity index (χ1n) is 7.90. The molecule has 1 aliphatic rings. The Bertz CT molecular complexity index is 1020. The van der Waals surface area contributed by atoms with Gasteiger partial charge in [-0.1, -0.05) is 27.5 Å². The Labute approximate surface area is 157 Å². The van der Waals surface area contributed by atoms with E-state index in [2.05, 4.69) is 26.2 Å². The Kier molecular flexibility index (Phi) is 4.21. The highest BCUT2D eigenvalue weighted by atomic mass is 79.9. The average Bonchev–Trinajstić information content (AvgIpc) is 3.03. The summed E-state index contributed by atoms with van der Waals surface area (Å²) in [7, 11) is 0. The highest BCUT2D eigenvalue weighted by Gasteiger charge is 2.24. The number of aryl methyl sites for hydroxylation is 1. The molecule has 0 radical (unpaired) electrons. The topological polar surface area (TPSA) is 42.0 Å². The number of hydrogen-bond donors (Lipinski definition) is 1. The lowest BCUT2D eigenvalue weighted by molar-refractivity contribution is 0.102. The standard InChI is InChI=1S/C19H13BrClFN2O/c20-10-4-6-17(14(22)8-10)24-19(25)18-12-2-1-3-15(12)23-16-7-5-11(21)9-13(16)18/h4-9H,1-3H2,(H,24,25). The van der Waals surface area contributed by atoms with Crippen LogP contribution in [-0.4, -0.2) is 10.9 Å². The fourth-order valence-electron chi connectivity index (χ4n) is 3.27. The van der Waals surface area contributed by atoms with Gasteiger partial charge in [-0.15, -0.1) is 0 Å². The number of pyridine rings is 1. The lowest BCUT2D eigenvalue weighted by Gasteiger charge is -2.13. The van der Waals surface area contributed by atoms with E-state index < -0.39 is 5.82 Å². The largest absolute Gasteiger partial charge is 0.319 e. The quantitative estimate of drug-likeness (QED) is 0.593. The summed E-state index contributed by atoms with van der Waals surface area (Å²) in [5, 5.41) is 3.92. The molecule has 126 valence electrons. The molecule has 0 unspecified atom stereocenters. The number of rotatable bonds is 2. The van der Waals surface area contributed by atoms with Crippen LogP contribution in [0.2, 0.25) is 5.02 Å². The number of aromatic nitrogens is 1. The molecule has 0 fully saturated rings. The van der Waals surface area contributed by atoms with Crippen LogP contribution in [0.1, 0.15) is 28.0 Å². The average molecular weight is 420 g/mol. The van der Waals surface area contributed by atoms with Gasteiger partial charge >= 0.3 is 0 Å². The highest BCUT2D eigenvalue weighted by Crippen LogP contribution is 2.32. The van der Waals surface area contributed by atoms with Crippen LogP contribution in [0.5, 0.6) is 0 Å². The molecule has 3 aromatic rings. The molecule has 1 N–H and O–H groups in total. The lowest BCUT2D eigenvalue weighted by Crippen LogP contribution is -2.16. The number of nitrogens with zero attached hydrogens (tertiary/aromatic N) is 1. The molecule has 2 aromatic carbocycles. The van der Waals surface area contributed by atoms with Crippen molar-refractivity contribution in [2.75, 3.05) is 5.32 Å². The Morgan fingerprint density at radius 2 is 2.04 bits per heavy atom. The van der Waals surface area contributed by atoms with Crippen molar-refractivity contribution in [1.82, 2.24) is 4.98 Å². The van der Waals surface area contributed by atoms with E-state index >= 15 is 0 Å². The molecule has 1 aliphatic carbocycles. The number of benzene rings is 2. The minimum Gasteiger partial charge on any atom is -0.319 e. The van der Waals surface area contributed by atoms with Crippen LogP contribution in [0.25, 0.3) is 10.9 Å². The third kappa shape index (κ3) is 3.02. The van der Waals surface area contributed by atoms with Crippen molar-refractivity contribution in [1.29, 1.82) is 0 Å². The highest BCUT2D eigenvalue weighted by molar-refractivity contribution is 9.10. The van der Waals surface area contributed by atoms with Crippen LogP contribution in [0.3, 0.4) is 0 Å². The van der Waals surface area contributed by atoms with Gasteiger partial charge in [-0.3, -0.25) is 9.78 Å². The zero-order valence-corrected chi connectivity index (χ0v) is 15.4. The van der Waals surface area contributed by atoms with E-state index in [4.69, 9.17) is 11.6 Å². The molecule has 0 saturated heterocycles. The molecule has 3 nitrogen and oxygen atoms in total. The van der Waals surface area contributed by atoms with E-state index in [0.717, 1.165) is 36.0 Å². The molecule has 1 heterocycles. The van der Waals surface area contributed by atoms with Crippen LogP contribution < -0.4 is 5.32 Å². The second-order valence-electron chi connectivity index (χ2n) is 6.01. The molecule has 6 heteroatoms. The number of carbonyl (C=O) groups excluding carboxylic acids is 1. The van der Waals surface area contributed by atoms with E-state index in [1.165, 1.54) is 12.1 Å². The maximum Gasteiger partial charge on any atom is 0.256 e. The summed E-state index contributed by atoms with van der Waals surface area (Å²) < 4.78 is 14.7. The smallest absolute Gasteiger partial charge is 0.256 e. The van der Waals surface area contributed by atoms with Gasteiger partial charge in [0.15, 0.2) is 0 Å². The summed E-state index contributed by atoms with van der Waals surface area (Å²) in [6.07, 6.45) is 2.59. The van der Waals surface area contributed by atoms with Crippen molar-refractivity contribution < 1.29 is 9.18 Å². The molecule has 0 aliphatic heterocycles. The Hall–Kier alpha value is -1.98. The van der Waals surface area contributed by atoms with E-state index in [9.17, 15) is 9.18 Å². The van der Waals surface area contributed by atoms with Crippen LogP contribution in [0.15, 0.2) is 40.9 Å². The third-order valence-electron chi connectivity index (χ3n) is 4.38. The summed E-state index contributed by atoms with van der Waals surface area (Å²) in [4.78, 5) is 17.6. The Morgan fingerprint density at radius 3 is 2.84 bits per heavy atom. The summed E-state index contributed by atoms with van der Waals surface area (Å²) in [6, 6.07) is 9.86. The monoisotopic (exact) mass is 418 g/mol. The maximum absolute atomic E-state index is 14.1. The molecule has 25 heavy (non-hydrogen) atoms. The second-order valence-corrected chi connectivity index (χ2v) is 7.36. The number of nitrogens with one attached hydrogen (secondary N) is 1. The Balaban J connectivity index is 1.84. The summed E-state index contributed by atoms with van der Waals surface area (Å²) in [5.41, 5.74) is 3.29. The first kappa shape index (κ1) is 16.5. The van der Waals surface area contributed by atoms with Crippen molar-refractivity contribution in [2.45, 2.75) is 19.3 Å². The van der Waals surface area contributed by atoms with Crippen LogP contribution in [0, 0.1) is 5.82 Å². The molecular weight excluding hydrogens is 407 g/mol. The minimum absolute atomic E-state index is 0.145. The third-order valence-corrected chi connectivity index (χ3v) is 5.11. The van der Waals surface area contributed by atoms with E-state index in [0.29, 0.717) is 20.4 Å². The molecule has 0 atom stereocenters. The van der Waals surface area contributed by atoms with Crippen LogP contribution in [-0.2, 0) is 12.8 Å². The van der Waals surface area contributed by atoms with Gasteiger partial charge in [0.2, 0.25) is 0 Å². The van der Waals surface area contributed by atoms with Gasteiger partial charge in [0.05, 0.1) is 16.8 Å². The van der Waals surface area contributed by atoms with Gasteiger partial charge in [0.1, 0.15) is 5.82 Å². The molecule has 4 rings (SSSR count). The first-order chi connectivity index (χ1) is 12.0. The van der Waals surface area contributed by atoms with E-state index in [1.54, 1.807) is 18.2 Å². The van der Waals surface area contributed by atoms with Crippen molar-refractivity contribution in [3.05, 3.63) is 68.5 Å². The molecule has 0 spiro atoms. The van der Waals surface area contributed by atoms with Crippen molar-refractivity contribution in [3.63, 3.8) is 0 Å². The van der Waals surface area contributed by atoms with Gasteiger partial charge in [0.25, 0.3) is 5.91 Å². The lowest BCUT2D eigenvalue weighted by atomic mass is 10.0. The van der Waals surface area contributed by atoms with Gasteiger partial charge in [-0.2, -0.15) is 0 Å². The molecule has 0 bridgehead atoms. The summed E-state index contributed by atoms with van der Waals surface area (Å²) >= 11 is 9.34. The van der Waals surface area contributed by atoms with Crippen molar-refractivity contribution >= 4 is 50.0 Å². The fraction of sp³-hybridized carbons (Fsp3) is 0.158. The molecule has 1 amide bonds. The summed E-state index contributed by atoms with van der Waals surface area (Å²) in [5.74, 6) is -0.829. The number of hydrogen-bond acceptors (Lipinski definition) is 2. The van der Waals surface area contributed by atoms with Crippen molar-refractivity contribution in [3.8, 4) is 0 Å². The normalized spacial score (nSPS) is 13.1. The number of halogens is 3.